The number of amides is 1. The van der Waals surface area contributed by atoms with E-state index in [1.807, 2.05) is 42.2 Å². The Morgan fingerprint density at radius 3 is 2.18 bits per heavy atom. The van der Waals surface area contributed by atoms with E-state index < -0.39 is 0 Å². The Morgan fingerprint density at radius 2 is 1.57 bits per heavy atom. The summed E-state index contributed by atoms with van der Waals surface area (Å²) in [5.41, 5.74) is 6.12. The second-order valence-corrected chi connectivity index (χ2v) is 7.43. The van der Waals surface area contributed by atoms with Gasteiger partial charge in [-0.2, -0.15) is 0 Å². The minimum Gasteiger partial charge on any atom is -0.497 e. The number of aryl methyl sites for hydroxylation is 1. The molecule has 0 atom stereocenters. The van der Waals surface area contributed by atoms with Crippen LogP contribution in [0, 0.1) is 13.8 Å². The number of carbonyl (C=O) groups is 1. The van der Waals surface area contributed by atoms with Crippen molar-refractivity contribution in [3.63, 3.8) is 0 Å². The van der Waals surface area contributed by atoms with Gasteiger partial charge in [0.25, 0.3) is 5.91 Å². The van der Waals surface area contributed by atoms with Crippen molar-refractivity contribution in [1.29, 1.82) is 0 Å². The molecule has 144 valence electrons. The normalized spacial score (nSPS) is 13.8. The van der Waals surface area contributed by atoms with Crippen molar-refractivity contribution in [1.82, 2.24) is 9.47 Å². The number of aromatic nitrogens is 1. The van der Waals surface area contributed by atoms with Gasteiger partial charge in [0.15, 0.2) is 0 Å². The predicted molar refractivity (Wildman–Crippen MR) is 112 cm³/mol. The molecular weight excluding hydrogens is 348 g/mol. The summed E-state index contributed by atoms with van der Waals surface area (Å²) in [7, 11) is 1.67. The molecule has 1 aliphatic heterocycles. The SMILES string of the molecule is COc1ccc(-c2cc(C(=O)N3CCCC3)c(C)n2-c2ccc(C)cc2)cc1. The van der Waals surface area contributed by atoms with Gasteiger partial charge in [-0.3, -0.25) is 4.79 Å². The van der Waals surface area contributed by atoms with Crippen LogP contribution in [-0.2, 0) is 0 Å². The van der Waals surface area contributed by atoms with E-state index in [4.69, 9.17) is 4.74 Å². The first-order chi connectivity index (χ1) is 13.6. The molecule has 1 aliphatic rings. The molecule has 1 saturated heterocycles. The number of methoxy groups -OCH3 is 1. The second-order valence-electron chi connectivity index (χ2n) is 7.43. The van der Waals surface area contributed by atoms with E-state index >= 15 is 0 Å². The molecular formula is C24H26N2O2. The van der Waals surface area contributed by atoms with Gasteiger partial charge in [-0.05, 0) is 74.7 Å². The number of nitrogens with zero attached hydrogens (tertiary/aromatic N) is 2. The molecule has 1 aromatic heterocycles. The molecule has 0 radical (unpaired) electrons. The van der Waals surface area contributed by atoms with Crippen LogP contribution in [0.15, 0.2) is 54.6 Å². The molecule has 4 heteroatoms. The van der Waals surface area contributed by atoms with Crippen LogP contribution in [-0.4, -0.2) is 35.6 Å². The number of carbonyl (C=O) groups excluding carboxylic acids is 1. The lowest BCUT2D eigenvalue weighted by atomic mass is 10.1. The van der Waals surface area contributed by atoms with Gasteiger partial charge >= 0.3 is 0 Å². The lowest BCUT2D eigenvalue weighted by Crippen LogP contribution is -2.27. The zero-order valence-corrected chi connectivity index (χ0v) is 16.7. The van der Waals surface area contributed by atoms with Crippen LogP contribution in [0.1, 0.15) is 34.5 Å². The molecule has 4 rings (SSSR count). The summed E-state index contributed by atoms with van der Waals surface area (Å²) in [6.45, 7) is 5.83. The summed E-state index contributed by atoms with van der Waals surface area (Å²) in [5.74, 6) is 0.956. The van der Waals surface area contributed by atoms with Crippen molar-refractivity contribution >= 4 is 5.91 Å². The van der Waals surface area contributed by atoms with Crippen LogP contribution in [0.4, 0.5) is 0 Å². The molecule has 1 fully saturated rings. The maximum Gasteiger partial charge on any atom is 0.255 e. The van der Waals surface area contributed by atoms with Gasteiger partial charge in [-0.15, -0.1) is 0 Å². The van der Waals surface area contributed by atoms with Crippen molar-refractivity contribution in [3.05, 3.63) is 71.4 Å². The van der Waals surface area contributed by atoms with Crippen LogP contribution in [0.3, 0.4) is 0 Å². The van der Waals surface area contributed by atoms with Crippen LogP contribution < -0.4 is 4.74 Å². The molecule has 2 heterocycles. The average Bonchev–Trinajstić information content (AvgIpc) is 3.37. The standard InChI is InChI=1S/C24H26N2O2/c1-17-6-10-20(11-7-17)26-18(2)22(24(27)25-14-4-5-15-25)16-23(26)19-8-12-21(28-3)13-9-19/h6-13,16H,4-5,14-15H2,1-3H3. The first-order valence-corrected chi connectivity index (χ1v) is 9.81. The fourth-order valence-corrected chi connectivity index (χ4v) is 3.91. The highest BCUT2D eigenvalue weighted by molar-refractivity contribution is 5.97. The van der Waals surface area contributed by atoms with Crippen molar-refractivity contribution in [3.8, 4) is 22.7 Å². The zero-order valence-electron chi connectivity index (χ0n) is 16.7. The van der Waals surface area contributed by atoms with Crippen LogP contribution in [0.25, 0.3) is 16.9 Å². The quantitative estimate of drug-likeness (QED) is 0.644. The monoisotopic (exact) mass is 374 g/mol. The molecule has 28 heavy (non-hydrogen) atoms. The number of benzene rings is 2. The third-order valence-electron chi connectivity index (χ3n) is 5.55. The van der Waals surface area contributed by atoms with Gasteiger partial charge in [0.2, 0.25) is 0 Å². The first kappa shape index (κ1) is 18.4. The van der Waals surface area contributed by atoms with Crippen molar-refractivity contribution in [2.75, 3.05) is 20.2 Å². The van der Waals surface area contributed by atoms with Crippen LogP contribution in [0.5, 0.6) is 5.75 Å². The van der Waals surface area contributed by atoms with Gasteiger partial charge in [0.05, 0.1) is 18.4 Å². The maximum atomic E-state index is 13.1. The summed E-state index contributed by atoms with van der Waals surface area (Å²) >= 11 is 0. The van der Waals surface area contributed by atoms with E-state index in [1.165, 1.54) is 5.56 Å². The minimum absolute atomic E-state index is 0.135. The Balaban J connectivity index is 1.85. The average molecular weight is 374 g/mol. The number of ether oxygens (including phenoxy) is 1. The molecule has 0 bridgehead atoms. The molecule has 2 aromatic carbocycles. The van der Waals surface area contributed by atoms with E-state index in [9.17, 15) is 4.79 Å². The summed E-state index contributed by atoms with van der Waals surface area (Å²) < 4.78 is 7.49. The maximum absolute atomic E-state index is 13.1. The predicted octanol–water partition coefficient (Wildman–Crippen LogP) is 5.01. The second kappa shape index (κ2) is 7.55. The van der Waals surface area contributed by atoms with Gasteiger partial charge in [0.1, 0.15) is 5.75 Å². The minimum atomic E-state index is 0.135. The summed E-state index contributed by atoms with van der Waals surface area (Å²) in [5, 5.41) is 0. The van der Waals surface area contributed by atoms with Gasteiger partial charge < -0.3 is 14.2 Å². The molecule has 3 aromatic rings. The largest absolute Gasteiger partial charge is 0.497 e. The van der Waals surface area contributed by atoms with E-state index in [-0.39, 0.29) is 5.91 Å². The third kappa shape index (κ3) is 3.31. The zero-order chi connectivity index (χ0) is 19.7. The number of likely N-dealkylation sites (tertiary alicyclic amines) is 1. The van der Waals surface area contributed by atoms with Crippen LogP contribution >= 0.6 is 0 Å². The summed E-state index contributed by atoms with van der Waals surface area (Å²) in [6, 6.07) is 18.5. The number of hydrogen-bond donors (Lipinski definition) is 0. The molecule has 4 nitrogen and oxygen atoms in total. The lowest BCUT2D eigenvalue weighted by molar-refractivity contribution is 0.0792. The molecule has 0 N–H and O–H groups in total. The molecule has 0 saturated carbocycles. The number of rotatable bonds is 4. The van der Waals surface area contributed by atoms with Crippen molar-refractivity contribution in [2.45, 2.75) is 26.7 Å². The summed E-state index contributed by atoms with van der Waals surface area (Å²) in [4.78, 5) is 15.1. The molecule has 1 amide bonds. The Kier molecular flexibility index (Phi) is 4.95. The topological polar surface area (TPSA) is 34.5 Å². The summed E-state index contributed by atoms with van der Waals surface area (Å²) in [6.07, 6.45) is 2.18. The highest BCUT2D eigenvalue weighted by Gasteiger charge is 2.25. The van der Waals surface area contributed by atoms with Gasteiger partial charge in [0, 0.05) is 24.5 Å². The molecule has 0 aliphatic carbocycles. The Hall–Kier alpha value is -3.01. The van der Waals surface area contributed by atoms with Crippen molar-refractivity contribution < 1.29 is 9.53 Å². The van der Waals surface area contributed by atoms with E-state index in [1.54, 1.807) is 7.11 Å². The van der Waals surface area contributed by atoms with Crippen molar-refractivity contribution in [2.24, 2.45) is 0 Å². The fraction of sp³-hybridized carbons (Fsp3) is 0.292. The van der Waals surface area contributed by atoms with E-state index in [0.29, 0.717) is 0 Å². The van der Waals surface area contributed by atoms with E-state index in [2.05, 4.69) is 35.8 Å². The van der Waals surface area contributed by atoms with Gasteiger partial charge in [-0.25, -0.2) is 0 Å². The van der Waals surface area contributed by atoms with Crippen LogP contribution in [0.2, 0.25) is 0 Å². The fourth-order valence-electron chi connectivity index (χ4n) is 3.91. The Bertz CT molecular complexity index is 979. The highest BCUT2D eigenvalue weighted by atomic mass is 16.5. The number of hydrogen-bond acceptors (Lipinski definition) is 2. The van der Waals surface area contributed by atoms with Gasteiger partial charge in [-0.1, -0.05) is 17.7 Å². The first-order valence-electron chi connectivity index (χ1n) is 9.81. The lowest BCUT2D eigenvalue weighted by Gasteiger charge is -2.16. The Morgan fingerprint density at radius 1 is 0.929 bits per heavy atom. The smallest absolute Gasteiger partial charge is 0.255 e. The van der Waals surface area contributed by atoms with E-state index in [0.717, 1.165) is 59.9 Å². The Labute approximate surface area is 166 Å². The highest BCUT2D eigenvalue weighted by Crippen LogP contribution is 2.32. The molecule has 0 spiro atoms. The molecule has 0 unspecified atom stereocenters. The third-order valence-corrected chi connectivity index (χ3v) is 5.55.